The minimum absolute atomic E-state index is 0.146. The van der Waals surface area contributed by atoms with Gasteiger partial charge in [-0.1, -0.05) is 53.0 Å². The van der Waals surface area contributed by atoms with Gasteiger partial charge in [0.15, 0.2) is 0 Å². The van der Waals surface area contributed by atoms with Crippen LogP contribution in [0.5, 0.6) is 0 Å². The van der Waals surface area contributed by atoms with Gasteiger partial charge in [0.05, 0.1) is 12.9 Å². The summed E-state index contributed by atoms with van der Waals surface area (Å²) in [5.74, 6) is 0. The van der Waals surface area contributed by atoms with E-state index in [0.29, 0.717) is 20.6 Å². The van der Waals surface area contributed by atoms with Crippen molar-refractivity contribution in [1.82, 2.24) is 9.55 Å². The average molecular weight is 443 g/mol. The number of hydrogen-bond acceptors (Lipinski definition) is 5. The van der Waals surface area contributed by atoms with Crippen molar-refractivity contribution in [2.24, 2.45) is 0 Å². The van der Waals surface area contributed by atoms with E-state index in [0.717, 1.165) is 5.56 Å². The molecule has 0 amide bonds. The van der Waals surface area contributed by atoms with Crippen LogP contribution in [0, 0.1) is 10.1 Å². The van der Waals surface area contributed by atoms with Gasteiger partial charge in [-0.05, 0) is 29.8 Å². The molecule has 0 N–H and O–H groups in total. The van der Waals surface area contributed by atoms with Crippen LogP contribution in [-0.2, 0) is 16.2 Å². The van der Waals surface area contributed by atoms with Gasteiger partial charge in [0.25, 0.3) is 5.09 Å². The minimum atomic E-state index is -1.15. The SMILES string of the molecule is O=[N+]([O-])OC(C(OCc1ccc(Cl)cc1)c1ccc(Cl)cc1Cl)n1ccnc1. The van der Waals surface area contributed by atoms with Crippen LogP contribution in [0.2, 0.25) is 15.1 Å². The molecule has 0 spiro atoms. The number of halogens is 3. The van der Waals surface area contributed by atoms with Crippen molar-refractivity contribution in [3.63, 3.8) is 0 Å². The van der Waals surface area contributed by atoms with Crippen LogP contribution in [0.4, 0.5) is 0 Å². The Morgan fingerprint density at radius 2 is 1.82 bits per heavy atom. The molecule has 146 valence electrons. The first kappa shape index (κ1) is 20.4. The van der Waals surface area contributed by atoms with E-state index < -0.39 is 17.4 Å². The second kappa shape index (κ2) is 9.25. The molecule has 0 aliphatic carbocycles. The van der Waals surface area contributed by atoms with E-state index in [1.165, 1.54) is 29.4 Å². The monoisotopic (exact) mass is 441 g/mol. The van der Waals surface area contributed by atoms with Crippen molar-refractivity contribution < 1.29 is 14.7 Å². The highest BCUT2D eigenvalue weighted by Crippen LogP contribution is 2.37. The largest absolute Gasteiger partial charge is 0.364 e. The lowest BCUT2D eigenvalue weighted by Crippen LogP contribution is -2.25. The Morgan fingerprint density at radius 3 is 2.43 bits per heavy atom. The topological polar surface area (TPSA) is 79.4 Å². The van der Waals surface area contributed by atoms with Crippen molar-refractivity contribution in [1.29, 1.82) is 0 Å². The van der Waals surface area contributed by atoms with Crippen molar-refractivity contribution in [3.8, 4) is 0 Å². The summed E-state index contributed by atoms with van der Waals surface area (Å²) in [5.41, 5.74) is 1.31. The first-order valence-corrected chi connectivity index (χ1v) is 9.17. The lowest BCUT2D eigenvalue weighted by atomic mass is 10.1. The van der Waals surface area contributed by atoms with Crippen LogP contribution in [0.1, 0.15) is 23.5 Å². The molecule has 28 heavy (non-hydrogen) atoms. The highest BCUT2D eigenvalue weighted by atomic mass is 35.5. The summed E-state index contributed by atoms with van der Waals surface area (Å²) in [5, 5.41) is 11.6. The molecule has 0 fully saturated rings. The third-order valence-electron chi connectivity index (χ3n) is 3.88. The highest BCUT2D eigenvalue weighted by molar-refractivity contribution is 6.35. The molecule has 0 radical (unpaired) electrons. The highest BCUT2D eigenvalue weighted by Gasteiger charge is 2.31. The Bertz CT molecular complexity index is 936. The predicted molar refractivity (Wildman–Crippen MR) is 105 cm³/mol. The molecule has 2 aromatic carbocycles. The summed E-state index contributed by atoms with van der Waals surface area (Å²) in [6, 6.07) is 11.8. The van der Waals surface area contributed by atoms with Crippen molar-refractivity contribution >= 4 is 34.8 Å². The molecule has 3 rings (SSSR count). The molecule has 1 heterocycles. The molecule has 0 aliphatic heterocycles. The second-order valence-electron chi connectivity index (χ2n) is 5.75. The zero-order chi connectivity index (χ0) is 20.1. The Hall–Kier alpha value is -2.32. The van der Waals surface area contributed by atoms with Gasteiger partial charge in [-0.2, -0.15) is 0 Å². The Balaban J connectivity index is 1.96. The number of aromatic nitrogens is 2. The fourth-order valence-corrected chi connectivity index (χ4v) is 3.24. The summed E-state index contributed by atoms with van der Waals surface area (Å²) in [7, 11) is 0. The van der Waals surface area contributed by atoms with Crippen LogP contribution < -0.4 is 0 Å². The van der Waals surface area contributed by atoms with Gasteiger partial charge in [0.2, 0.25) is 6.23 Å². The van der Waals surface area contributed by atoms with Crippen molar-refractivity contribution in [2.45, 2.75) is 18.9 Å². The zero-order valence-corrected chi connectivity index (χ0v) is 16.5. The summed E-state index contributed by atoms with van der Waals surface area (Å²) in [6.07, 6.45) is 2.35. The normalized spacial score (nSPS) is 13.1. The molecule has 2 atom stereocenters. The van der Waals surface area contributed by atoms with E-state index in [1.54, 1.807) is 36.4 Å². The van der Waals surface area contributed by atoms with Crippen molar-refractivity contribution in [3.05, 3.63) is 97.5 Å². The van der Waals surface area contributed by atoms with Gasteiger partial charge >= 0.3 is 0 Å². The number of benzene rings is 2. The van der Waals surface area contributed by atoms with Crippen LogP contribution in [-0.4, -0.2) is 14.6 Å². The van der Waals surface area contributed by atoms with Crippen LogP contribution in [0.15, 0.2) is 61.2 Å². The lowest BCUT2D eigenvalue weighted by Gasteiger charge is -2.27. The second-order valence-corrected chi connectivity index (χ2v) is 7.03. The maximum atomic E-state index is 11.1. The van der Waals surface area contributed by atoms with Crippen molar-refractivity contribution in [2.75, 3.05) is 0 Å². The number of imidazole rings is 1. The van der Waals surface area contributed by atoms with E-state index in [9.17, 15) is 10.1 Å². The standard InChI is InChI=1S/C18H14Cl3N3O4/c19-13-3-1-12(2-4-13)10-27-17(15-6-5-14(20)9-16(15)21)18(28-24(25)26)23-8-7-22-11-23/h1-9,11,17-18H,10H2. The lowest BCUT2D eigenvalue weighted by molar-refractivity contribution is -0.778. The number of ether oxygens (including phenoxy) is 1. The number of hydrogen-bond donors (Lipinski definition) is 0. The quantitative estimate of drug-likeness (QED) is 0.339. The predicted octanol–water partition coefficient (Wildman–Crippen LogP) is 5.51. The summed E-state index contributed by atoms with van der Waals surface area (Å²) < 4.78 is 7.44. The van der Waals surface area contributed by atoms with Gasteiger partial charge in [0.1, 0.15) is 6.10 Å². The molecule has 0 saturated carbocycles. The summed E-state index contributed by atoms with van der Waals surface area (Å²) in [4.78, 5) is 20.0. The number of nitrogens with zero attached hydrogens (tertiary/aromatic N) is 3. The molecule has 2 unspecified atom stereocenters. The molecule has 0 aliphatic rings. The smallest absolute Gasteiger partial charge is 0.296 e. The third kappa shape index (κ3) is 5.14. The first-order chi connectivity index (χ1) is 13.4. The molecular formula is C18H14Cl3N3O4. The zero-order valence-electron chi connectivity index (χ0n) is 14.2. The van der Waals surface area contributed by atoms with E-state index in [2.05, 4.69) is 4.98 Å². The van der Waals surface area contributed by atoms with Crippen LogP contribution in [0.25, 0.3) is 0 Å². The average Bonchev–Trinajstić information content (AvgIpc) is 3.18. The maximum Gasteiger partial charge on any atom is 0.296 e. The molecule has 1 aromatic heterocycles. The molecule has 0 bridgehead atoms. The van der Waals surface area contributed by atoms with Gasteiger partial charge in [0, 0.05) is 33.0 Å². The van der Waals surface area contributed by atoms with Gasteiger partial charge in [-0.3, -0.25) is 4.84 Å². The van der Waals surface area contributed by atoms with Crippen LogP contribution in [0.3, 0.4) is 0 Å². The maximum absolute atomic E-state index is 11.1. The molecule has 10 heteroatoms. The first-order valence-electron chi connectivity index (χ1n) is 8.03. The Labute approximate surface area is 175 Å². The Kier molecular flexibility index (Phi) is 6.74. The number of rotatable bonds is 8. The fraction of sp³-hybridized carbons (Fsp3) is 0.167. The summed E-state index contributed by atoms with van der Waals surface area (Å²) in [6.45, 7) is 0.146. The molecular weight excluding hydrogens is 429 g/mol. The van der Waals surface area contributed by atoms with Gasteiger partial charge in [-0.25, -0.2) is 4.98 Å². The third-order valence-corrected chi connectivity index (χ3v) is 4.70. The molecule has 0 saturated heterocycles. The van der Waals surface area contributed by atoms with E-state index in [1.807, 2.05) is 0 Å². The molecule has 7 nitrogen and oxygen atoms in total. The molecule has 3 aromatic rings. The summed E-state index contributed by atoms with van der Waals surface area (Å²) >= 11 is 18.2. The minimum Gasteiger partial charge on any atom is -0.364 e. The van der Waals surface area contributed by atoms with E-state index in [-0.39, 0.29) is 6.61 Å². The fourth-order valence-electron chi connectivity index (χ4n) is 2.60. The van der Waals surface area contributed by atoms with Gasteiger partial charge < -0.3 is 9.30 Å². The van der Waals surface area contributed by atoms with Gasteiger partial charge in [-0.15, -0.1) is 10.1 Å². The van der Waals surface area contributed by atoms with E-state index >= 15 is 0 Å². The van der Waals surface area contributed by atoms with E-state index in [4.69, 9.17) is 44.4 Å². The Morgan fingerprint density at radius 1 is 1.11 bits per heavy atom. The van der Waals surface area contributed by atoms with Crippen LogP contribution >= 0.6 is 34.8 Å².